The van der Waals surface area contributed by atoms with Gasteiger partial charge >= 0.3 is 11.9 Å². The van der Waals surface area contributed by atoms with E-state index in [0.29, 0.717) is 18.9 Å². The van der Waals surface area contributed by atoms with E-state index in [0.717, 1.165) is 57.5 Å². The van der Waals surface area contributed by atoms with E-state index >= 15 is 0 Å². The van der Waals surface area contributed by atoms with Gasteiger partial charge in [-0.3, -0.25) is 9.59 Å². The number of likely N-dealkylation sites (tertiary alicyclic amines) is 1. The second kappa shape index (κ2) is 29.9. The quantitative estimate of drug-likeness (QED) is 0.0390. The van der Waals surface area contributed by atoms with E-state index in [1.54, 1.807) is 0 Å². The molecule has 1 aliphatic carbocycles. The standard InChI is InChI=1S/C48H89NO4/c1-7-11-15-18-21-25-28-41(29-26-22-19-16-12-8-2)38-42(30-27-23-20-17-13-9-3)40-52-46(50)39-43-32-33-45(44(43)31-24-14-10-4)53-47(51)48(5)34-36-49(6)37-35-48/h14,24,41-45H,7-13,15-23,25-40H2,1-6H3/b24-14-. The molecule has 1 saturated carbocycles. The highest BCUT2D eigenvalue weighted by molar-refractivity contribution is 5.77. The molecule has 2 fully saturated rings. The maximum Gasteiger partial charge on any atom is 0.312 e. The minimum Gasteiger partial charge on any atom is -0.465 e. The largest absolute Gasteiger partial charge is 0.465 e. The van der Waals surface area contributed by atoms with Crippen molar-refractivity contribution in [2.24, 2.45) is 29.1 Å². The van der Waals surface area contributed by atoms with Gasteiger partial charge in [0.1, 0.15) is 6.10 Å². The highest BCUT2D eigenvalue weighted by Gasteiger charge is 2.43. The number of piperidine rings is 1. The molecule has 310 valence electrons. The molecule has 1 aliphatic heterocycles. The van der Waals surface area contributed by atoms with Crippen molar-refractivity contribution in [3.05, 3.63) is 12.2 Å². The summed E-state index contributed by atoms with van der Waals surface area (Å²) in [5, 5.41) is 0. The summed E-state index contributed by atoms with van der Waals surface area (Å²) in [6.07, 6.45) is 39.4. The van der Waals surface area contributed by atoms with E-state index in [9.17, 15) is 9.59 Å². The summed E-state index contributed by atoms with van der Waals surface area (Å²) in [7, 11) is 2.13. The molecule has 4 atom stereocenters. The molecule has 0 bridgehead atoms. The van der Waals surface area contributed by atoms with Crippen LogP contribution < -0.4 is 0 Å². The maximum atomic E-state index is 13.6. The highest BCUT2D eigenvalue weighted by atomic mass is 16.5. The fourth-order valence-electron chi connectivity index (χ4n) is 9.11. The van der Waals surface area contributed by atoms with Gasteiger partial charge in [-0.1, -0.05) is 168 Å². The second-order valence-corrected chi connectivity index (χ2v) is 17.9. The fourth-order valence-corrected chi connectivity index (χ4v) is 9.11. The minimum atomic E-state index is -0.402. The van der Waals surface area contributed by atoms with Gasteiger partial charge in [0.05, 0.1) is 12.0 Å². The van der Waals surface area contributed by atoms with E-state index in [2.05, 4.69) is 58.7 Å². The Kier molecular flexibility index (Phi) is 26.9. The SMILES string of the molecule is CC/C=C\CC1C(CC(=O)OCC(CCCCCCCC)CC(CCCCCCCC)CCCCCCCC)CCC1OC(=O)C1(C)CCN(C)CC1. The number of esters is 2. The number of hydrogen-bond donors (Lipinski definition) is 0. The lowest BCUT2D eigenvalue weighted by Gasteiger charge is -2.37. The Morgan fingerprint density at radius 2 is 1.21 bits per heavy atom. The third-order valence-electron chi connectivity index (χ3n) is 13.0. The number of carbonyl (C=O) groups excluding carboxylic acids is 2. The zero-order valence-corrected chi connectivity index (χ0v) is 36.2. The van der Waals surface area contributed by atoms with Crippen LogP contribution in [-0.4, -0.2) is 49.7 Å². The first-order valence-electron chi connectivity index (χ1n) is 23.5. The first-order chi connectivity index (χ1) is 25.8. The van der Waals surface area contributed by atoms with Crippen molar-refractivity contribution in [3.63, 3.8) is 0 Å². The Bertz CT molecular complexity index is 924. The molecule has 0 spiro atoms. The highest BCUT2D eigenvalue weighted by Crippen LogP contribution is 2.41. The molecule has 0 radical (unpaired) electrons. The Balaban J connectivity index is 2.02. The summed E-state index contributed by atoms with van der Waals surface area (Å²) < 4.78 is 12.6. The van der Waals surface area contributed by atoms with Crippen molar-refractivity contribution in [3.8, 4) is 0 Å². The summed E-state index contributed by atoms with van der Waals surface area (Å²) in [4.78, 5) is 29.4. The number of hydrogen-bond acceptors (Lipinski definition) is 5. The summed E-state index contributed by atoms with van der Waals surface area (Å²) in [5.74, 6) is 1.54. The van der Waals surface area contributed by atoms with Gasteiger partial charge in [-0.05, 0) is 96.2 Å². The maximum absolute atomic E-state index is 13.6. The molecule has 0 amide bonds. The average Bonchev–Trinajstić information content (AvgIpc) is 3.52. The first-order valence-corrected chi connectivity index (χ1v) is 23.5. The Morgan fingerprint density at radius 1 is 0.698 bits per heavy atom. The first kappa shape index (κ1) is 47.8. The zero-order chi connectivity index (χ0) is 38.6. The van der Waals surface area contributed by atoms with Crippen LogP contribution >= 0.6 is 0 Å². The van der Waals surface area contributed by atoms with Crippen LogP contribution in [0.15, 0.2) is 12.2 Å². The topological polar surface area (TPSA) is 55.8 Å². The lowest BCUT2D eigenvalue weighted by molar-refractivity contribution is -0.165. The lowest BCUT2D eigenvalue weighted by atomic mass is 9.80. The normalized spacial score (nSPS) is 21.1. The molecule has 2 rings (SSSR count). The number of allylic oxidation sites excluding steroid dienone is 2. The van der Waals surface area contributed by atoms with Crippen LogP contribution in [0.1, 0.15) is 221 Å². The van der Waals surface area contributed by atoms with E-state index in [-0.39, 0.29) is 29.9 Å². The third-order valence-corrected chi connectivity index (χ3v) is 13.0. The van der Waals surface area contributed by atoms with Gasteiger partial charge in [0.15, 0.2) is 0 Å². The molecule has 5 nitrogen and oxygen atoms in total. The molecule has 0 N–H and O–H groups in total. The monoisotopic (exact) mass is 744 g/mol. The predicted molar refractivity (Wildman–Crippen MR) is 226 cm³/mol. The smallest absolute Gasteiger partial charge is 0.312 e. The Hall–Kier alpha value is -1.36. The molecule has 4 unspecified atom stereocenters. The van der Waals surface area contributed by atoms with E-state index in [1.165, 1.54) is 141 Å². The fraction of sp³-hybridized carbons (Fsp3) is 0.917. The molecular weight excluding hydrogens is 655 g/mol. The van der Waals surface area contributed by atoms with Gasteiger partial charge in [0.25, 0.3) is 0 Å². The van der Waals surface area contributed by atoms with Crippen LogP contribution in [0.3, 0.4) is 0 Å². The van der Waals surface area contributed by atoms with Crippen LogP contribution in [0.4, 0.5) is 0 Å². The van der Waals surface area contributed by atoms with Crippen LogP contribution in [0, 0.1) is 29.1 Å². The van der Waals surface area contributed by atoms with Gasteiger partial charge in [0.2, 0.25) is 0 Å². The van der Waals surface area contributed by atoms with Crippen molar-refractivity contribution >= 4 is 11.9 Å². The van der Waals surface area contributed by atoms with Crippen LogP contribution in [0.25, 0.3) is 0 Å². The lowest BCUT2D eigenvalue weighted by Crippen LogP contribution is -2.43. The number of nitrogens with zero attached hydrogens (tertiary/aromatic N) is 1. The van der Waals surface area contributed by atoms with Crippen molar-refractivity contribution < 1.29 is 19.1 Å². The van der Waals surface area contributed by atoms with Crippen LogP contribution in [0.5, 0.6) is 0 Å². The molecule has 5 heteroatoms. The Labute approximate surface area is 330 Å². The summed E-state index contributed by atoms with van der Waals surface area (Å²) in [5.41, 5.74) is -0.402. The average molecular weight is 744 g/mol. The molecule has 53 heavy (non-hydrogen) atoms. The van der Waals surface area contributed by atoms with E-state index in [1.807, 2.05) is 0 Å². The molecule has 2 aliphatic rings. The van der Waals surface area contributed by atoms with Gasteiger partial charge in [0, 0.05) is 12.3 Å². The molecule has 1 heterocycles. The third kappa shape index (κ3) is 20.9. The number of carbonyl (C=O) groups is 2. The Morgan fingerprint density at radius 3 is 1.74 bits per heavy atom. The molecule has 0 aromatic carbocycles. The van der Waals surface area contributed by atoms with Crippen molar-refractivity contribution in [1.29, 1.82) is 0 Å². The van der Waals surface area contributed by atoms with Crippen LogP contribution in [0.2, 0.25) is 0 Å². The van der Waals surface area contributed by atoms with E-state index in [4.69, 9.17) is 9.47 Å². The van der Waals surface area contributed by atoms with Gasteiger partial charge in [-0.2, -0.15) is 0 Å². The summed E-state index contributed by atoms with van der Waals surface area (Å²) >= 11 is 0. The van der Waals surface area contributed by atoms with Crippen molar-refractivity contribution in [2.45, 2.75) is 227 Å². The number of rotatable bonds is 32. The van der Waals surface area contributed by atoms with E-state index < -0.39 is 5.41 Å². The van der Waals surface area contributed by atoms with Crippen molar-refractivity contribution in [2.75, 3.05) is 26.7 Å². The molecule has 0 aromatic heterocycles. The molecule has 0 aromatic rings. The number of ether oxygens (including phenoxy) is 2. The predicted octanol–water partition coefficient (Wildman–Crippen LogP) is 13.8. The van der Waals surface area contributed by atoms with Gasteiger partial charge in [-0.15, -0.1) is 0 Å². The summed E-state index contributed by atoms with van der Waals surface area (Å²) in [6, 6.07) is 0. The minimum absolute atomic E-state index is 0.0303. The summed E-state index contributed by atoms with van der Waals surface area (Å²) in [6.45, 7) is 13.6. The van der Waals surface area contributed by atoms with Crippen molar-refractivity contribution in [1.82, 2.24) is 4.90 Å². The molecular formula is C48H89NO4. The van der Waals surface area contributed by atoms with Gasteiger partial charge in [-0.25, -0.2) is 0 Å². The molecule has 1 saturated heterocycles. The van der Waals surface area contributed by atoms with Crippen LogP contribution in [-0.2, 0) is 19.1 Å². The number of unbranched alkanes of at least 4 members (excludes halogenated alkanes) is 15. The zero-order valence-electron chi connectivity index (χ0n) is 36.2. The van der Waals surface area contributed by atoms with Gasteiger partial charge < -0.3 is 14.4 Å². The second-order valence-electron chi connectivity index (χ2n) is 17.9.